The van der Waals surface area contributed by atoms with Crippen LogP contribution in [0, 0.1) is 6.92 Å². The van der Waals surface area contributed by atoms with E-state index in [9.17, 15) is 5.11 Å². The monoisotopic (exact) mass is 268 g/mol. The van der Waals surface area contributed by atoms with E-state index in [1.165, 1.54) is 4.88 Å². The van der Waals surface area contributed by atoms with Crippen molar-refractivity contribution < 1.29 is 5.11 Å². The van der Waals surface area contributed by atoms with Gasteiger partial charge in [0.2, 0.25) is 0 Å². The molecule has 0 fully saturated rings. The first-order chi connectivity index (χ1) is 8.15. The van der Waals surface area contributed by atoms with Crippen molar-refractivity contribution in [1.82, 2.24) is 10.3 Å². The number of phenols is 1. The topological polar surface area (TPSA) is 45.2 Å². The number of aryl methyl sites for hydroxylation is 1. The van der Waals surface area contributed by atoms with Crippen molar-refractivity contribution in [2.75, 3.05) is 0 Å². The number of benzene rings is 1. The van der Waals surface area contributed by atoms with Gasteiger partial charge >= 0.3 is 0 Å². The molecule has 0 atom stereocenters. The van der Waals surface area contributed by atoms with Gasteiger partial charge in [0.25, 0.3) is 0 Å². The van der Waals surface area contributed by atoms with Crippen molar-refractivity contribution in [2.45, 2.75) is 20.0 Å². The summed E-state index contributed by atoms with van der Waals surface area (Å²) in [6, 6.07) is 5.04. The van der Waals surface area contributed by atoms with Gasteiger partial charge in [0.15, 0.2) is 0 Å². The van der Waals surface area contributed by atoms with Crippen molar-refractivity contribution in [1.29, 1.82) is 0 Å². The SMILES string of the molecule is Cc1cnc(CNCc2cc(Cl)ccc2O)s1. The zero-order chi connectivity index (χ0) is 12.3. The van der Waals surface area contributed by atoms with E-state index < -0.39 is 0 Å². The molecular formula is C12H13ClN2OS. The summed E-state index contributed by atoms with van der Waals surface area (Å²) in [6.45, 7) is 3.31. The van der Waals surface area contributed by atoms with Crippen LogP contribution in [0.4, 0.5) is 0 Å². The Balaban J connectivity index is 1.91. The molecule has 0 spiro atoms. The molecule has 0 aliphatic heterocycles. The fourth-order valence-electron chi connectivity index (χ4n) is 1.48. The number of rotatable bonds is 4. The molecule has 17 heavy (non-hydrogen) atoms. The summed E-state index contributed by atoms with van der Waals surface area (Å²) in [5, 5.41) is 14.5. The van der Waals surface area contributed by atoms with Crippen LogP contribution >= 0.6 is 22.9 Å². The zero-order valence-electron chi connectivity index (χ0n) is 9.40. The third kappa shape index (κ3) is 3.43. The molecular weight excluding hydrogens is 256 g/mol. The predicted molar refractivity (Wildman–Crippen MR) is 70.5 cm³/mol. The minimum Gasteiger partial charge on any atom is -0.508 e. The van der Waals surface area contributed by atoms with Gasteiger partial charge in [0.05, 0.1) is 0 Å². The van der Waals surface area contributed by atoms with Gasteiger partial charge in [-0.25, -0.2) is 4.98 Å². The van der Waals surface area contributed by atoms with Gasteiger partial charge in [-0.3, -0.25) is 0 Å². The van der Waals surface area contributed by atoms with E-state index in [-0.39, 0.29) is 5.75 Å². The molecule has 2 N–H and O–H groups in total. The van der Waals surface area contributed by atoms with Crippen LogP contribution in [0.25, 0.3) is 0 Å². The first-order valence-electron chi connectivity index (χ1n) is 5.24. The Hall–Kier alpha value is -1.10. The maximum atomic E-state index is 9.62. The fourth-order valence-corrected chi connectivity index (χ4v) is 2.43. The summed E-state index contributed by atoms with van der Waals surface area (Å²) < 4.78 is 0. The van der Waals surface area contributed by atoms with E-state index in [1.54, 1.807) is 29.5 Å². The van der Waals surface area contributed by atoms with Crippen LogP contribution in [0.3, 0.4) is 0 Å². The smallest absolute Gasteiger partial charge is 0.120 e. The summed E-state index contributed by atoms with van der Waals surface area (Å²) in [6.07, 6.45) is 1.86. The van der Waals surface area contributed by atoms with Gasteiger partial charge in [-0.1, -0.05) is 11.6 Å². The molecule has 0 saturated heterocycles. The summed E-state index contributed by atoms with van der Waals surface area (Å²) in [5.74, 6) is 0.261. The number of hydrogen-bond donors (Lipinski definition) is 2. The summed E-state index contributed by atoms with van der Waals surface area (Å²) in [7, 11) is 0. The number of nitrogens with zero attached hydrogens (tertiary/aromatic N) is 1. The molecule has 0 aliphatic rings. The Morgan fingerprint density at radius 1 is 1.41 bits per heavy atom. The Morgan fingerprint density at radius 3 is 2.94 bits per heavy atom. The molecule has 0 bridgehead atoms. The van der Waals surface area contributed by atoms with E-state index in [2.05, 4.69) is 10.3 Å². The van der Waals surface area contributed by atoms with E-state index in [0.717, 1.165) is 10.6 Å². The second kappa shape index (κ2) is 5.49. The number of phenolic OH excluding ortho intramolecular Hbond substituents is 1. The van der Waals surface area contributed by atoms with E-state index in [0.29, 0.717) is 18.1 Å². The van der Waals surface area contributed by atoms with Crippen LogP contribution in [-0.2, 0) is 13.1 Å². The van der Waals surface area contributed by atoms with Gasteiger partial charge in [0.1, 0.15) is 10.8 Å². The number of aromatic nitrogens is 1. The van der Waals surface area contributed by atoms with Crippen molar-refractivity contribution >= 4 is 22.9 Å². The number of aromatic hydroxyl groups is 1. The number of nitrogens with one attached hydrogen (secondary N) is 1. The molecule has 1 heterocycles. The molecule has 3 nitrogen and oxygen atoms in total. The highest BCUT2D eigenvalue weighted by Gasteiger charge is 2.03. The average molecular weight is 269 g/mol. The van der Waals surface area contributed by atoms with Crippen molar-refractivity contribution in [3.8, 4) is 5.75 Å². The van der Waals surface area contributed by atoms with Gasteiger partial charge in [0, 0.05) is 34.7 Å². The molecule has 0 unspecified atom stereocenters. The van der Waals surface area contributed by atoms with Crippen LogP contribution in [0.5, 0.6) is 5.75 Å². The largest absolute Gasteiger partial charge is 0.508 e. The molecule has 90 valence electrons. The lowest BCUT2D eigenvalue weighted by molar-refractivity contribution is 0.464. The molecule has 2 rings (SSSR count). The fraction of sp³-hybridized carbons (Fsp3) is 0.250. The Labute approximate surface area is 109 Å². The van der Waals surface area contributed by atoms with E-state index in [4.69, 9.17) is 11.6 Å². The van der Waals surface area contributed by atoms with Crippen LogP contribution in [0.1, 0.15) is 15.4 Å². The second-order valence-electron chi connectivity index (χ2n) is 3.74. The summed E-state index contributed by atoms with van der Waals surface area (Å²) in [4.78, 5) is 5.46. The maximum Gasteiger partial charge on any atom is 0.120 e. The molecule has 0 saturated carbocycles. The Kier molecular flexibility index (Phi) is 3.99. The molecule has 1 aromatic heterocycles. The van der Waals surface area contributed by atoms with Gasteiger partial charge in [-0.05, 0) is 25.1 Å². The predicted octanol–water partition coefficient (Wildman–Crippen LogP) is 3.10. The molecule has 5 heteroatoms. The molecule has 0 radical (unpaired) electrons. The number of hydrogen-bond acceptors (Lipinski definition) is 4. The lowest BCUT2D eigenvalue weighted by Gasteiger charge is -2.05. The highest BCUT2D eigenvalue weighted by atomic mass is 35.5. The minimum atomic E-state index is 0.261. The highest BCUT2D eigenvalue weighted by molar-refractivity contribution is 7.11. The van der Waals surface area contributed by atoms with Crippen molar-refractivity contribution in [3.05, 3.63) is 44.9 Å². The first kappa shape index (κ1) is 12.4. The van der Waals surface area contributed by atoms with Crippen LogP contribution in [0.15, 0.2) is 24.4 Å². The van der Waals surface area contributed by atoms with Crippen molar-refractivity contribution in [2.24, 2.45) is 0 Å². The lowest BCUT2D eigenvalue weighted by Crippen LogP contribution is -2.12. The van der Waals surface area contributed by atoms with Crippen LogP contribution in [0.2, 0.25) is 5.02 Å². The third-order valence-corrected chi connectivity index (χ3v) is 3.45. The summed E-state index contributed by atoms with van der Waals surface area (Å²) >= 11 is 7.53. The summed E-state index contributed by atoms with van der Waals surface area (Å²) in [5.41, 5.74) is 0.797. The number of thiazole rings is 1. The maximum absolute atomic E-state index is 9.62. The van der Waals surface area contributed by atoms with Gasteiger partial charge < -0.3 is 10.4 Å². The molecule has 2 aromatic rings. The molecule has 0 aliphatic carbocycles. The number of halogens is 1. The highest BCUT2D eigenvalue weighted by Crippen LogP contribution is 2.21. The first-order valence-corrected chi connectivity index (χ1v) is 6.44. The van der Waals surface area contributed by atoms with E-state index in [1.807, 2.05) is 13.1 Å². The van der Waals surface area contributed by atoms with Crippen LogP contribution in [-0.4, -0.2) is 10.1 Å². The third-order valence-electron chi connectivity index (χ3n) is 2.30. The zero-order valence-corrected chi connectivity index (χ0v) is 11.0. The molecule has 1 aromatic carbocycles. The average Bonchev–Trinajstić information content (AvgIpc) is 2.69. The van der Waals surface area contributed by atoms with Gasteiger partial charge in [-0.2, -0.15) is 0 Å². The van der Waals surface area contributed by atoms with Crippen LogP contribution < -0.4 is 5.32 Å². The second-order valence-corrected chi connectivity index (χ2v) is 5.50. The Morgan fingerprint density at radius 2 is 2.24 bits per heavy atom. The minimum absolute atomic E-state index is 0.261. The van der Waals surface area contributed by atoms with Crippen molar-refractivity contribution in [3.63, 3.8) is 0 Å². The quantitative estimate of drug-likeness (QED) is 0.896. The van der Waals surface area contributed by atoms with E-state index >= 15 is 0 Å². The molecule has 0 amide bonds. The van der Waals surface area contributed by atoms with Gasteiger partial charge in [-0.15, -0.1) is 11.3 Å². The standard InChI is InChI=1S/C12H13ClN2OS/c1-8-5-15-12(17-8)7-14-6-9-4-10(13)2-3-11(9)16/h2-5,14,16H,6-7H2,1H3. The lowest BCUT2D eigenvalue weighted by atomic mass is 10.2. The normalized spacial score (nSPS) is 10.7. The Bertz CT molecular complexity index is 513.